The third kappa shape index (κ3) is 3.44. The summed E-state index contributed by atoms with van der Waals surface area (Å²) >= 11 is 6.05. The van der Waals surface area contributed by atoms with E-state index in [-0.39, 0.29) is 34.6 Å². The topological polar surface area (TPSA) is 134 Å². The first-order valence-electron chi connectivity index (χ1n) is 9.80. The van der Waals surface area contributed by atoms with Crippen LogP contribution in [0, 0.1) is 5.41 Å². The highest BCUT2D eigenvalue weighted by Crippen LogP contribution is 2.69. The van der Waals surface area contributed by atoms with Gasteiger partial charge in [-0.2, -0.15) is 4.98 Å². The second-order valence-corrected chi connectivity index (χ2v) is 10.5. The number of nitrogens with zero attached hydrogens (tertiary/aromatic N) is 3. The van der Waals surface area contributed by atoms with Crippen LogP contribution >= 0.6 is 11.6 Å². The Morgan fingerprint density at radius 1 is 1.16 bits per heavy atom. The third-order valence-corrected chi connectivity index (χ3v) is 7.24. The van der Waals surface area contributed by atoms with Gasteiger partial charge in [-0.15, -0.1) is 0 Å². The zero-order valence-electron chi connectivity index (χ0n) is 17.1. The molecule has 2 aromatic carbocycles. The lowest BCUT2D eigenvalue weighted by Gasteiger charge is -2.04. The van der Waals surface area contributed by atoms with Crippen molar-refractivity contribution >= 4 is 32.7 Å². The normalized spacial score (nSPS) is 20.0. The smallest absolute Gasteiger partial charge is 0.408 e. The summed E-state index contributed by atoms with van der Waals surface area (Å²) in [6.07, 6.45) is 0. The highest BCUT2D eigenvalue weighted by atomic mass is 35.5. The summed E-state index contributed by atoms with van der Waals surface area (Å²) in [6, 6.07) is 11.4. The van der Waals surface area contributed by atoms with Gasteiger partial charge in [0.25, 0.3) is 0 Å². The van der Waals surface area contributed by atoms with Gasteiger partial charge in [-0.25, -0.2) is 18.4 Å². The van der Waals surface area contributed by atoms with Crippen LogP contribution in [0.4, 0.5) is 0 Å². The van der Waals surface area contributed by atoms with Gasteiger partial charge in [-0.3, -0.25) is 4.57 Å². The van der Waals surface area contributed by atoms with Crippen molar-refractivity contribution in [3.63, 3.8) is 0 Å². The minimum absolute atomic E-state index is 0.0207. The van der Waals surface area contributed by atoms with E-state index in [1.165, 1.54) is 16.7 Å². The first kappa shape index (κ1) is 20.9. The molecule has 0 bridgehead atoms. The number of primary sulfonamides is 1. The Kier molecular flexibility index (Phi) is 4.59. The third-order valence-electron chi connectivity index (χ3n) is 6.08. The van der Waals surface area contributed by atoms with E-state index in [0.29, 0.717) is 21.9 Å². The van der Waals surface area contributed by atoms with Crippen LogP contribution in [-0.4, -0.2) is 23.1 Å². The van der Waals surface area contributed by atoms with Crippen molar-refractivity contribution in [3.8, 4) is 0 Å². The van der Waals surface area contributed by atoms with E-state index in [1.807, 2.05) is 0 Å². The Labute approximate surface area is 187 Å². The maximum atomic E-state index is 12.3. The summed E-state index contributed by atoms with van der Waals surface area (Å²) in [4.78, 5) is 16.8. The minimum atomic E-state index is -3.75. The van der Waals surface area contributed by atoms with E-state index in [9.17, 15) is 13.2 Å². The number of aromatic nitrogens is 3. The second kappa shape index (κ2) is 7.03. The van der Waals surface area contributed by atoms with Crippen LogP contribution in [0.2, 0.25) is 5.02 Å². The van der Waals surface area contributed by atoms with Crippen LogP contribution < -0.4 is 10.9 Å². The van der Waals surface area contributed by atoms with Gasteiger partial charge in [0.15, 0.2) is 11.4 Å². The number of sulfonamides is 1. The largest absolute Gasteiger partial charge is 0.420 e. The van der Waals surface area contributed by atoms with Crippen molar-refractivity contribution in [2.45, 2.75) is 37.1 Å². The fourth-order valence-electron chi connectivity index (χ4n) is 4.39. The number of fused-ring (bicyclic) bond motifs is 1. The van der Waals surface area contributed by atoms with Gasteiger partial charge in [0.2, 0.25) is 15.9 Å². The van der Waals surface area contributed by atoms with Crippen molar-refractivity contribution < 1.29 is 17.4 Å². The predicted octanol–water partition coefficient (Wildman–Crippen LogP) is 3.23. The first-order chi connectivity index (χ1) is 15.1. The number of oxazole rings is 1. The molecule has 2 N–H and O–H groups in total. The fourth-order valence-corrected chi connectivity index (χ4v) is 5.07. The van der Waals surface area contributed by atoms with Crippen LogP contribution in [-0.2, 0) is 16.6 Å². The average Bonchev–Trinajstić information content (AvgIpc) is 3.01. The molecule has 0 aliphatic heterocycles. The molecule has 32 heavy (non-hydrogen) atoms. The molecule has 0 radical (unpaired) electrons. The highest BCUT2D eigenvalue weighted by molar-refractivity contribution is 7.89. The van der Waals surface area contributed by atoms with E-state index in [4.69, 9.17) is 25.7 Å². The molecule has 9 nitrogen and oxygen atoms in total. The summed E-state index contributed by atoms with van der Waals surface area (Å²) in [5.41, 5.74) is 1.77. The maximum absolute atomic E-state index is 12.3. The van der Waals surface area contributed by atoms with E-state index < -0.39 is 15.8 Å². The SMILES string of the molecule is CC1(C)[C@@H](c2ccc(S(N)(=O)=O)cc2)[C@@H]1c1noc(Cn2c(=O)oc3ccc(Cl)cc32)n1. The van der Waals surface area contributed by atoms with E-state index in [1.54, 1.807) is 30.3 Å². The number of nitrogens with two attached hydrogens (primary N) is 1. The van der Waals surface area contributed by atoms with Crippen molar-refractivity contribution in [2.24, 2.45) is 10.6 Å². The van der Waals surface area contributed by atoms with Crippen LogP contribution in [0.15, 0.2) is 61.1 Å². The van der Waals surface area contributed by atoms with Gasteiger partial charge in [-0.05, 0) is 41.3 Å². The lowest BCUT2D eigenvalue weighted by atomic mass is 10.0. The molecule has 1 fully saturated rings. The van der Waals surface area contributed by atoms with E-state index in [0.717, 1.165) is 5.56 Å². The molecule has 0 saturated heterocycles. The number of benzene rings is 2. The van der Waals surface area contributed by atoms with Gasteiger partial charge in [-0.1, -0.05) is 42.7 Å². The first-order valence-corrected chi connectivity index (χ1v) is 11.7. The Morgan fingerprint density at radius 3 is 2.56 bits per heavy atom. The van der Waals surface area contributed by atoms with Crippen molar-refractivity contribution in [3.05, 3.63) is 75.3 Å². The minimum Gasteiger partial charge on any atom is -0.408 e. The van der Waals surface area contributed by atoms with Crippen LogP contribution in [0.3, 0.4) is 0 Å². The molecular weight excluding hydrogens is 456 g/mol. The van der Waals surface area contributed by atoms with Crippen LogP contribution in [0.5, 0.6) is 0 Å². The Balaban J connectivity index is 1.41. The van der Waals surface area contributed by atoms with Crippen molar-refractivity contribution in [1.29, 1.82) is 0 Å². The number of hydrogen-bond acceptors (Lipinski definition) is 7. The van der Waals surface area contributed by atoms with Crippen LogP contribution in [0.25, 0.3) is 11.1 Å². The molecule has 2 atom stereocenters. The van der Waals surface area contributed by atoms with E-state index >= 15 is 0 Å². The highest BCUT2D eigenvalue weighted by Gasteiger charge is 2.61. The molecule has 2 heterocycles. The molecule has 11 heteroatoms. The number of halogens is 1. The molecule has 2 aromatic heterocycles. The molecule has 4 aromatic rings. The molecule has 0 amide bonds. The van der Waals surface area contributed by atoms with Gasteiger partial charge in [0.05, 0.1) is 10.4 Å². The molecule has 5 rings (SSSR count). The fraction of sp³-hybridized carbons (Fsp3) is 0.286. The maximum Gasteiger partial charge on any atom is 0.420 e. The van der Waals surface area contributed by atoms with Crippen LogP contribution in [0.1, 0.15) is 43.0 Å². The van der Waals surface area contributed by atoms with Crippen molar-refractivity contribution in [1.82, 2.24) is 14.7 Å². The Morgan fingerprint density at radius 2 is 1.88 bits per heavy atom. The summed E-state index contributed by atoms with van der Waals surface area (Å²) in [7, 11) is -3.75. The molecule has 1 saturated carbocycles. The molecule has 1 aliphatic carbocycles. The zero-order valence-corrected chi connectivity index (χ0v) is 18.7. The zero-order chi connectivity index (χ0) is 22.8. The van der Waals surface area contributed by atoms with Gasteiger partial charge in [0.1, 0.15) is 6.54 Å². The summed E-state index contributed by atoms with van der Waals surface area (Å²) in [6.45, 7) is 4.23. The number of hydrogen-bond donors (Lipinski definition) is 1. The second-order valence-electron chi connectivity index (χ2n) is 8.50. The predicted molar refractivity (Wildman–Crippen MR) is 116 cm³/mol. The van der Waals surface area contributed by atoms with Crippen molar-refractivity contribution in [2.75, 3.05) is 0 Å². The summed E-state index contributed by atoms with van der Waals surface area (Å²) in [5, 5.41) is 9.80. The lowest BCUT2D eigenvalue weighted by molar-refractivity contribution is 0.361. The van der Waals surface area contributed by atoms with Gasteiger partial charge in [0, 0.05) is 16.9 Å². The quantitative estimate of drug-likeness (QED) is 0.469. The molecular formula is C21H19ClN4O5S. The average molecular weight is 475 g/mol. The molecule has 0 spiro atoms. The summed E-state index contributed by atoms with van der Waals surface area (Å²) in [5.74, 6) is 0.327. The molecule has 1 aliphatic rings. The van der Waals surface area contributed by atoms with Gasteiger partial charge < -0.3 is 8.94 Å². The Hall–Kier alpha value is -2.95. The summed E-state index contributed by atoms with van der Waals surface area (Å²) < 4.78 is 35.1. The standard InChI is InChI=1S/C21H19ClN4O5S/c1-21(2)17(11-3-6-13(7-4-11)32(23,28)29)18(21)19-24-16(31-25-19)10-26-14-9-12(22)5-8-15(14)30-20(26)27/h3-9,17-18H,10H2,1-2H3,(H2,23,28,29)/t17-,18+/m0/s1. The van der Waals surface area contributed by atoms with Gasteiger partial charge >= 0.3 is 5.76 Å². The van der Waals surface area contributed by atoms with E-state index in [2.05, 4.69) is 24.0 Å². The number of rotatable bonds is 5. The molecule has 166 valence electrons. The monoisotopic (exact) mass is 474 g/mol. The molecule has 0 unspecified atom stereocenters. The lowest BCUT2D eigenvalue weighted by Crippen LogP contribution is -2.15. The Bertz CT molecular complexity index is 1500.